The normalized spacial score (nSPS) is 13.5. The molecule has 0 spiro atoms. The summed E-state index contributed by atoms with van der Waals surface area (Å²) in [4.78, 5) is 4.16. The van der Waals surface area contributed by atoms with Crippen molar-refractivity contribution < 1.29 is 23.3 Å². The van der Waals surface area contributed by atoms with E-state index < -0.39 is 0 Å². The van der Waals surface area contributed by atoms with Crippen LogP contribution in [0.15, 0.2) is 35.3 Å². The quantitative estimate of drug-likeness (QED) is 0.188. The van der Waals surface area contributed by atoms with E-state index in [0.29, 0.717) is 25.8 Å². The van der Waals surface area contributed by atoms with Crippen LogP contribution >= 0.6 is 8.58 Å². The number of halogens is 1. The Morgan fingerprint density at radius 3 is 2.42 bits per heavy atom. The molecule has 0 aliphatic rings. The van der Waals surface area contributed by atoms with Crippen LogP contribution in [0.25, 0.3) is 0 Å². The summed E-state index contributed by atoms with van der Waals surface area (Å²) in [6, 6.07) is 8.86. The molecule has 0 amide bonds. The Kier molecular flexibility index (Phi) is 11.1. The van der Waals surface area contributed by atoms with E-state index in [-0.39, 0.29) is 17.8 Å². The van der Waals surface area contributed by atoms with E-state index in [1.165, 1.54) is 6.07 Å². The molecule has 0 saturated heterocycles. The lowest BCUT2D eigenvalue weighted by molar-refractivity contribution is 0.0478. The number of unbranched alkanes of at least 4 members (excludes halogenated alkanes) is 1. The largest absolute Gasteiger partial charge is 0.497 e. The molecule has 5 nitrogen and oxygen atoms in total. The van der Waals surface area contributed by atoms with Crippen molar-refractivity contribution in [3.05, 3.63) is 47.3 Å². The minimum atomic E-state index is -0.264. The number of aliphatic imine (C=N–C) groups is 1. The Labute approximate surface area is 199 Å². The van der Waals surface area contributed by atoms with Gasteiger partial charge in [0.1, 0.15) is 11.6 Å². The highest BCUT2D eigenvalue weighted by Crippen LogP contribution is 2.55. The van der Waals surface area contributed by atoms with Crippen molar-refractivity contribution in [3.8, 4) is 17.2 Å². The fourth-order valence-corrected chi connectivity index (χ4v) is 6.07. The molecule has 0 bridgehead atoms. The lowest BCUT2D eigenvalue weighted by atomic mass is 9.87. The third-order valence-corrected chi connectivity index (χ3v) is 7.58. The van der Waals surface area contributed by atoms with Crippen molar-refractivity contribution in [1.82, 2.24) is 0 Å². The summed E-state index contributed by atoms with van der Waals surface area (Å²) in [5.74, 6) is 1.73. The predicted molar refractivity (Wildman–Crippen MR) is 136 cm³/mol. The lowest BCUT2D eigenvalue weighted by Crippen LogP contribution is -2.26. The minimum Gasteiger partial charge on any atom is -0.497 e. The number of ether oxygens (including phenoxy) is 4. The molecule has 2 rings (SSSR count). The van der Waals surface area contributed by atoms with E-state index in [2.05, 4.69) is 24.9 Å². The molecule has 2 unspecified atom stereocenters. The molecule has 2 aromatic rings. The number of methoxy groups -OCH3 is 3. The van der Waals surface area contributed by atoms with E-state index in [0.717, 1.165) is 48.5 Å². The molecular formula is C26H37FNO4P. The van der Waals surface area contributed by atoms with Gasteiger partial charge in [-0.3, -0.25) is 4.99 Å². The second-order valence-corrected chi connectivity index (χ2v) is 9.68. The smallest absolute Gasteiger partial charge is 0.188 e. The van der Waals surface area contributed by atoms with Crippen molar-refractivity contribution in [1.29, 1.82) is 0 Å². The SMILES string of the molecule is CCCCC(CCC)(Pc1ccc(F)cc1C=NC)c1cc(OC)cc(OC)c1OCOC. The molecule has 0 N–H and O–H groups in total. The molecule has 2 aromatic carbocycles. The Morgan fingerprint density at radius 1 is 1.03 bits per heavy atom. The van der Waals surface area contributed by atoms with E-state index in [4.69, 9.17) is 18.9 Å². The van der Waals surface area contributed by atoms with Gasteiger partial charge in [-0.15, -0.1) is 0 Å². The molecule has 0 aromatic heterocycles. The van der Waals surface area contributed by atoms with Gasteiger partial charge in [0.25, 0.3) is 0 Å². The van der Waals surface area contributed by atoms with Crippen LogP contribution in [0.1, 0.15) is 57.1 Å². The third-order valence-electron chi connectivity index (χ3n) is 5.61. The molecule has 7 heteroatoms. The number of nitrogens with zero attached hydrogens (tertiary/aromatic N) is 1. The predicted octanol–water partition coefficient (Wildman–Crippen LogP) is 6.06. The van der Waals surface area contributed by atoms with Crippen LogP contribution in [0.3, 0.4) is 0 Å². The first-order valence-electron chi connectivity index (χ1n) is 11.4. The zero-order valence-corrected chi connectivity index (χ0v) is 21.7. The zero-order chi connectivity index (χ0) is 24.3. The summed E-state index contributed by atoms with van der Waals surface area (Å²) in [5, 5.41) is 0.829. The first kappa shape index (κ1) is 27.1. The molecule has 0 aliphatic heterocycles. The Morgan fingerprint density at radius 2 is 1.82 bits per heavy atom. The number of hydrogen-bond acceptors (Lipinski definition) is 5. The number of benzene rings is 2. The molecule has 0 aliphatic carbocycles. The summed E-state index contributed by atoms with van der Waals surface area (Å²) in [6.45, 7) is 4.50. The van der Waals surface area contributed by atoms with Crippen LogP contribution in [0.4, 0.5) is 4.39 Å². The van der Waals surface area contributed by atoms with E-state index in [1.54, 1.807) is 40.7 Å². The van der Waals surface area contributed by atoms with Crippen LogP contribution in [-0.2, 0) is 9.89 Å². The minimum absolute atomic E-state index is 0.110. The van der Waals surface area contributed by atoms with Crippen LogP contribution < -0.4 is 19.5 Å². The highest BCUT2D eigenvalue weighted by molar-refractivity contribution is 7.48. The van der Waals surface area contributed by atoms with Crippen molar-refractivity contribution >= 4 is 20.1 Å². The van der Waals surface area contributed by atoms with Crippen molar-refractivity contribution in [3.63, 3.8) is 0 Å². The zero-order valence-electron chi connectivity index (χ0n) is 20.7. The Bertz CT molecular complexity index is 921. The monoisotopic (exact) mass is 477 g/mol. The lowest BCUT2D eigenvalue weighted by Gasteiger charge is -2.37. The Balaban J connectivity index is 2.78. The molecule has 0 saturated carbocycles. The summed E-state index contributed by atoms with van der Waals surface area (Å²) in [5.41, 5.74) is 1.84. The summed E-state index contributed by atoms with van der Waals surface area (Å²) < 4.78 is 36.7. The first-order valence-corrected chi connectivity index (χ1v) is 12.4. The van der Waals surface area contributed by atoms with Crippen molar-refractivity contribution in [2.45, 2.75) is 51.1 Å². The van der Waals surface area contributed by atoms with Gasteiger partial charge in [0.15, 0.2) is 18.3 Å². The molecule has 0 fully saturated rings. The van der Waals surface area contributed by atoms with Gasteiger partial charge in [0, 0.05) is 42.7 Å². The second kappa shape index (κ2) is 13.5. The van der Waals surface area contributed by atoms with Crippen LogP contribution in [0, 0.1) is 5.82 Å². The highest BCUT2D eigenvalue weighted by Gasteiger charge is 2.36. The van der Waals surface area contributed by atoms with Gasteiger partial charge in [-0.25, -0.2) is 4.39 Å². The maximum Gasteiger partial charge on any atom is 0.188 e. The van der Waals surface area contributed by atoms with E-state index >= 15 is 0 Å². The average Bonchev–Trinajstić information content (AvgIpc) is 2.82. The van der Waals surface area contributed by atoms with Crippen molar-refractivity contribution in [2.75, 3.05) is 35.2 Å². The third kappa shape index (κ3) is 6.91. The fraction of sp³-hybridized carbons (Fsp3) is 0.500. The molecule has 33 heavy (non-hydrogen) atoms. The maximum absolute atomic E-state index is 14.1. The standard InChI is InChI=1S/C26H37FNO4P/c1-7-9-13-26(12-8-2,33-24-11-10-20(27)14-19(24)17-28-3)22-15-21(30-5)16-23(31-6)25(22)32-18-29-4/h10-11,14-17,33H,7-9,12-13,18H2,1-6H3. The summed E-state index contributed by atoms with van der Waals surface area (Å²) in [7, 11) is 6.96. The van der Waals surface area contributed by atoms with Gasteiger partial charge in [-0.2, -0.15) is 0 Å². The number of hydrogen-bond donors (Lipinski definition) is 0. The fourth-order valence-electron chi connectivity index (χ4n) is 4.11. The average molecular weight is 478 g/mol. The molecular weight excluding hydrogens is 440 g/mol. The van der Waals surface area contributed by atoms with Gasteiger partial charge in [0.05, 0.1) is 14.2 Å². The highest BCUT2D eigenvalue weighted by atomic mass is 31.1. The van der Waals surface area contributed by atoms with Gasteiger partial charge in [-0.1, -0.05) is 47.8 Å². The van der Waals surface area contributed by atoms with Crippen LogP contribution in [-0.4, -0.2) is 41.4 Å². The topological polar surface area (TPSA) is 49.3 Å². The van der Waals surface area contributed by atoms with Gasteiger partial charge in [0.2, 0.25) is 0 Å². The summed E-state index contributed by atoms with van der Waals surface area (Å²) in [6.07, 6.45) is 6.72. The van der Waals surface area contributed by atoms with E-state index in [9.17, 15) is 4.39 Å². The van der Waals surface area contributed by atoms with Gasteiger partial charge < -0.3 is 18.9 Å². The van der Waals surface area contributed by atoms with Crippen LogP contribution in [0.2, 0.25) is 0 Å². The maximum atomic E-state index is 14.1. The number of rotatable bonds is 14. The van der Waals surface area contributed by atoms with Gasteiger partial charge >= 0.3 is 0 Å². The van der Waals surface area contributed by atoms with E-state index in [1.807, 2.05) is 12.1 Å². The molecule has 0 radical (unpaired) electrons. The summed E-state index contributed by atoms with van der Waals surface area (Å²) >= 11 is 0. The Hall–Kier alpha value is -2.17. The first-order chi connectivity index (χ1) is 16.0. The second-order valence-electron chi connectivity index (χ2n) is 7.94. The van der Waals surface area contributed by atoms with Crippen molar-refractivity contribution in [2.24, 2.45) is 4.99 Å². The molecule has 2 atom stereocenters. The van der Waals surface area contributed by atoms with Crippen LogP contribution in [0.5, 0.6) is 17.2 Å². The van der Waals surface area contributed by atoms with Gasteiger partial charge in [-0.05, 0) is 36.3 Å². The molecule has 0 heterocycles. The molecule has 182 valence electrons.